The first kappa shape index (κ1) is 11.4. The summed E-state index contributed by atoms with van der Waals surface area (Å²) in [5.74, 6) is 0.908. The van der Waals surface area contributed by atoms with Crippen molar-refractivity contribution in [3.05, 3.63) is 0 Å². The average Bonchev–Trinajstić information content (AvgIpc) is 3.07. The van der Waals surface area contributed by atoms with Gasteiger partial charge in [0, 0.05) is 12.1 Å². The molecule has 2 heteroatoms. The molecule has 0 spiro atoms. The summed E-state index contributed by atoms with van der Waals surface area (Å²) < 4.78 is 0. The zero-order valence-electron chi connectivity index (χ0n) is 10.2. The summed E-state index contributed by atoms with van der Waals surface area (Å²) >= 11 is 0. The Balaban J connectivity index is 2.07. The van der Waals surface area contributed by atoms with E-state index in [2.05, 4.69) is 11.8 Å². The van der Waals surface area contributed by atoms with Gasteiger partial charge in [0.1, 0.15) is 0 Å². The summed E-state index contributed by atoms with van der Waals surface area (Å²) in [6.45, 7) is 5.79. The molecule has 0 bridgehead atoms. The number of hydrogen-bond acceptors (Lipinski definition) is 2. The minimum atomic E-state index is 0.365. The number of likely N-dealkylation sites (tertiary alicyclic amines) is 1. The Kier molecular flexibility index (Phi) is 3.68. The van der Waals surface area contributed by atoms with Crippen molar-refractivity contribution in [1.29, 1.82) is 0 Å². The van der Waals surface area contributed by atoms with E-state index in [4.69, 9.17) is 5.73 Å². The third-order valence-corrected chi connectivity index (χ3v) is 4.54. The van der Waals surface area contributed by atoms with Crippen LogP contribution in [0.3, 0.4) is 0 Å². The second-order valence-electron chi connectivity index (χ2n) is 5.34. The molecule has 1 atom stereocenters. The predicted molar refractivity (Wildman–Crippen MR) is 64.8 cm³/mol. The Labute approximate surface area is 94.2 Å². The van der Waals surface area contributed by atoms with Crippen molar-refractivity contribution in [2.24, 2.45) is 11.7 Å². The van der Waals surface area contributed by atoms with Crippen molar-refractivity contribution in [1.82, 2.24) is 4.90 Å². The van der Waals surface area contributed by atoms with Gasteiger partial charge in [0.2, 0.25) is 0 Å². The van der Waals surface area contributed by atoms with Gasteiger partial charge in [-0.2, -0.15) is 0 Å². The van der Waals surface area contributed by atoms with Gasteiger partial charge in [0.05, 0.1) is 0 Å². The summed E-state index contributed by atoms with van der Waals surface area (Å²) in [6, 6.07) is 0. The number of nitrogens with zero attached hydrogens (tertiary/aromatic N) is 1. The van der Waals surface area contributed by atoms with Gasteiger partial charge in [0.15, 0.2) is 0 Å². The average molecular weight is 210 g/mol. The molecule has 2 fully saturated rings. The second-order valence-corrected chi connectivity index (χ2v) is 5.34. The van der Waals surface area contributed by atoms with Gasteiger partial charge in [-0.15, -0.1) is 0 Å². The molecule has 0 radical (unpaired) electrons. The first-order chi connectivity index (χ1) is 7.33. The molecule has 88 valence electrons. The molecular formula is C13H26N2. The van der Waals surface area contributed by atoms with E-state index in [1.165, 1.54) is 58.0 Å². The summed E-state index contributed by atoms with van der Waals surface area (Å²) in [6.07, 6.45) is 9.69. The lowest BCUT2D eigenvalue weighted by Gasteiger charge is -2.43. The highest BCUT2D eigenvalue weighted by Gasteiger charge is 2.46. The van der Waals surface area contributed by atoms with E-state index < -0.39 is 0 Å². The van der Waals surface area contributed by atoms with E-state index in [0.717, 1.165) is 12.5 Å². The van der Waals surface area contributed by atoms with Crippen LogP contribution in [0.15, 0.2) is 0 Å². The molecule has 0 aromatic rings. The molecule has 2 N–H and O–H groups in total. The van der Waals surface area contributed by atoms with Gasteiger partial charge in [-0.05, 0) is 51.1 Å². The highest BCUT2D eigenvalue weighted by molar-refractivity contribution is 5.02. The summed E-state index contributed by atoms with van der Waals surface area (Å²) in [5, 5.41) is 0. The SMILES string of the molecule is CCC(CN)(C1CC1)N1CCCCCC1. The van der Waals surface area contributed by atoms with E-state index in [0.29, 0.717) is 5.54 Å². The van der Waals surface area contributed by atoms with Crippen molar-refractivity contribution in [2.75, 3.05) is 19.6 Å². The van der Waals surface area contributed by atoms with Crippen LogP contribution in [0.2, 0.25) is 0 Å². The lowest BCUT2D eigenvalue weighted by molar-refractivity contribution is 0.0717. The first-order valence-electron chi connectivity index (χ1n) is 6.78. The maximum atomic E-state index is 6.10. The van der Waals surface area contributed by atoms with Crippen LogP contribution in [0.25, 0.3) is 0 Å². The van der Waals surface area contributed by atoms with Crippen molar-refractivity contribution in [3.63, 3.8) is 0 Å². The predicted octanol–water partition coefficient (Wildman–Crippen LogP) is 2.38. The summed E-state index contributed by atoms with van der Waals surface area (Å²) in [7, 11) is 0. The number of rotatable bonds is 4. The molecule has 1 aliphatic heterocycles. The normalized spacial score (nSPS) is 28.4. The lowest BCUT2D eigenvalue weighted by Crippen LogP contribution is -2.55. The van der Waals surface area contributed by atoms with Crippen molar-refractivity contribution >= 4 is 0 Å². The van der Waals surface area contributed by atoms with Crippen LogP contribution in [-0.4, -0.2) is 30.1 Å². The van der Waals surface area contributed by atoms with Crippen molar-refractivity contribution in [2.45, 2.75) is 57.4 Å². The van der Waals surface area contributed by atoms with E-state index >= 15 is 0 Å². The topological polar surface area (TPSA) is 29.3 Å². The monoisotopic (exact) mass is 210 g/mol. The standard InChI is InChI=1S/C13H26N2/c1-2-13(11-14,12-7-8-12)15-9-5-3-4-6-10-15/h12H,2-11,14H2,1H3. The van der Waals surface area contributed by atoms with Gasteiger partial charge in [-0.25, -0.2) is 0 Å². The fraction of sp³-hybridized carbons (Fsp3) is 1.00. The third kappa shape index (κ3) is 2.21. The van der Waals surface area contributed by atoms with E-state index in [1.54, 1.807) is 0 Å². The molecule has 2 rings (SSSR count). The van der Waals surface area contributed by atoms with Crippen LogP contribution in [0.4, 0.5) is 0 Å². The van der Waals surface area contributed by atoms with Crippen LogP contribution in [0.1, 0.15) is 51.9 Å². The molecule has 1 unspecified atom stereocenters. The lowest BCUT2D eigenvalue weighted by atomic mass is 9.87. The van der Waals surface area contributed by atoms with Crippen molar-refractivity contribution < 1.29 is 0 Å². The van der Waals surface area contributed by atoms with Gasteiger partial charge in [-0.3, -0.25) is 4.90 Å². The van der Waals surface area contributed by atoms with E-state index in [9.17, 15) is 0 Å². The molecular weight excluding hydrogens is 184 g/mol. The minimum Gasteiger partial charge on any atom is -0.329 e. The number of hydrogen-bond donors (Lipinski definition) is 1. The molecule has 2 aliphatic rings. The Morgan fingerprint density at radius 3 is 2.13 bits per heavy atom. The number of nitrogens with two attached hydrogens (primary N) is 1. The second kappa shape index (κ2) is 4.84. The quantitative estimate of drug-likeness (QED) is 0.772. The van der Waals surface area contributed by atoms with Gasteiger partial charge in [-0.1, -0.05) is 19.8 Å². The van der Waals surface area contributed by atoms with Gasteiger partial charge >= 0.3 is 0 Å². The maximum Gasteiger partial charge on any atom is 0.0357 e. The molecule has 1 saturated heterocycles. The summed E-state index contributed by atoms with van der Waals surface area (Å²) in [5.41, 5.74) is 6.46. The van der Waals surface area contributed by atoms with Crippen LogP contribution >= 0.6 is 0 Å². The molecule has 15 heavy (non-hydrogen) atoms. The highest BCUT2D eigenvalue weighted by atomic mass is 15.2. The van der Waals surface area contributed by atoms with Crippen LogP contribution in [-0.2, 0) is 0 Å². The minimum absolute atomic E-state index is 0.365. The third-order valence-electron chi connectivity index (χ3n) is 4.54. The highest BCUT2D eigenvalue weighted by Crippen LogP contribution is 2.45. The Bertz CT molecular complexity index is 187. The molecule has 0 aromatic heterocycles. The molecule has 1 heterocycles. The van der Waals surface area contributed by atoms with Gasteiger partial charge < -0.3 is 5.73 Å². The smallest absolute Gasteiger partial charge is 0.0357 e. The molecule has 1 aliphatic carbocycles. The zero-order valence-corrected chi connectivity index (χ0v) is 10.2. The molecule has 0 aromatic carbocycles. The fourth-order valence-electron chi connectivity index (χ4n) is 3.35. The Morgan fingerprint density at radius 1 is 1.13 bits per heavy atom. The van der Waals surface area contributed by atoms with Crippen LogP contribution in [0.5, 0.6) is 0 Å². The summed E-state index contributed by atoms with van der Waals surface area (Å²) in [4.78, 5) is 2.73. The van der Waals surface area contributed by atoms with Crippen LogP contribution in [0, 0.1) is 5.92 Å². The molecule has 2 nitrogen and oxygen atoms in total. The van der Waals surface area contributed by atoms with Gasteiger partial charge in [0.25, 0.3) is 0 Å². The van der Waals surface area contributed by atoms with E-state index in [1.807, 2.05) is 0 Å². The van der Waals surface area contributed by atoms with E-state index in [-0.39, 0.29) is 0 Å². The first-order valence-corrected chi connectivity index (χ1v) is 6.78. The maximum absolute atomic E-state index is 6.10. The zero-order chi connectivity index (χ0) is 10.7. The molecule has 1 saturated carbocycles. The Hall–Kier alpha value is -0.0800. The largest absolute Gasteiger partial charge is 0.329 e. The van der Waals surface area contributed by atoms with Crippen LogP contribution < -0.4 is 5.73 Å². The Morgan fingerprint density at radius 2 is 1.73 bits per heavy atom. The fourth-order valence-corrected chi connectivity index (χ4v) is 3.35. The van der Waals surface area contributed by atoms with Crippen molar-refractivity contribution in [3.8, 4) is 0 Å². The molecule has 0 amide bonds.